The molecule has 0 amide bonds. The molecule has 0 N–H and O–H groups in total. The van der Waals surface area contributed by atoms with Crippen LogP contribution in [0.4, 0.5) is 0 Å². The van der Waals surface area contributed by atoms with Crippen molar-refractivity contribution >= 4 is 11.4 Å². The van der Waals surface area contributed by atoms with Gasteiger partial charge in [0.05, 0.1) is 0 Å². The summed E-state index contributed by atoms with van der Waals surface area (Å²) in [5, 5.41) is 0. The minimum Gasteiger partial charge on any atom is -0.306 e. The zero-order valence-electron chi connectivity index (χ0n) is 11.5. The van der Waals surface area contributed by atoms with E-state index in [1.807, 2.05) is 30.6 Å². The number of hydrogen-bond acceptors (Lipinski definition) is 2. The number of aromatic nitrogens is 2. The summed E-state index contributed by atoms with van der Waals surface area (Å²) >= 11 is 0. The molecular weight excluding hydrogens is 224 g/mol. The summed E-state index contributed by atoms with van der Waals surface area (Å²) in [6.45, 7) is 8.28. The molecule has 0 saturated heterocycles. The highest BCUT2D eigenvalue weighted by Crippen LogP contribution is 2.18. The fourth-order valence-corrected chi connectivity index (χ4v) is 1.91. The van der Waals surface area contributed by atoms with E-state index in [1.54, 1.807) is 0 Å². The second-order valence-corrected chi connectivity index (χ2v) is 5.18. The smallest absolute Gasteiger partial charge is 0.185 e. The van der Waals surface area contributed by atoms with E-state index in [0.717, 1.165) is 12.1 Å². The summed E-state index contributed by atoms with van der Waals surface area (Å²) in [6.07, 6.45) is 4.66. The van der Waals surface area contributed by atoms with Gasteiger partial charge in [-0.3, -0.25) is 4.79 Å². The largest absolute Gasteiger partial charge is 0.306 e. The quantitative estimate of drug-likeness (QED) is 0.769. The van der Waals surface area contributed by atoms with Gasteiger partial charge >= 0.3 is 0 Å². The van der Waals surface area contributed by atoms with Gasteiger partial charge in [-0.25, -0.2) is 4.98 Å². The first-order chi connectivity index (χ1) is 8.52. The summed E-state index contributed by atoms with van der Waals surface area (Å²) in [5.41, 5.74) is 2.67. The Kier molecular flexibility index (Phi) is 3.50. The average molecular weight is 244 g/mol. The molecule has 3 heteroatoms. The Hall–Kier alpha value is -1.64. The average Bonchev–Trinajstić information content (AvgIpc) is 2.79. The van der Waals surface area contributed by atoms with Crippen LogP contribution in [-0.2, 0) is 0 Å². The van der Waals surface area contributed by atoms with Crippen molar-refractivity contribution in [2.45, 2.75) is 40.0 Å². The third-order valence-electron chi connectivity index (χ3n) is 3.46. The van der Waals surface area contributed by atoms with Gasteiger partial charge in [-0.1, -0.05) is 27.7 Å². The topological polar surface area (TPSA) is 34.4 Å². The molecular formula is C15H20N2O. The molecule has 0 aliphatic heterocycles. The highest BCUT2D eigenvalue weighted by molar-refractivity contribution is 5.96. The van der Waals surface area contributed by atoms with Crippen molar-refractivity contribution in [3.63, 3.8) is 0 Å². The van der Waals surface area contributed by atoms with Gasteiger partial charge in [0.15, 0.2) is 5.78 Å². The molecule has 0 bridgehead atoms. The molecule has 96 valence electrons. The summed E-state index contributed by atoms with van der Waals surface area (Å²) < 4.78 is 1.92. The van der Waals surface area contributed by atoms with E-state index in [-0.39, 0.29) is 11.7 Å². The zero-order valence-corrected chi connectivity index (χ0v) is 11.5. The highest BCUT2D eigenvalue weighted by Gasteiger charge is 2.16. The molecule has 0 spiro atoms. The lowest BCUT2D eigenvalue weighted by Crippen LogP contribution is -2.10. The van der Waals surface area contributed by atoms with E-state index < -0.39 is 0 Å². The van der Waals surface area contributed by atoms with Crippen LogP contribution in [0.3, 0.4) is 0 Å². The number of Topliss-reactive ketones (excluding diaryl/α,β-unsaturated/α-hetero) is 1. The first-order valence-corrected chi connectivity index (χ1v) is 6.55. The van der Waals surface area contributed by atoms with E-state index in [2.05, 4.69) is 31.0 Å². The van der Waals surface area contributed by atoms with Crippen LogP contribution in [0.2, 0.25) is 0 Å². The van der Waals surface area contributed by atoms with Crippen molar-refractivity contribution in [3.8, 4) is 0 Å². The molecule has 3 nitrogen and oxygen atoms in total. The Morgan fingerprint density at radius 1 is 1.39 bits per heavy atom. The van der Waals surface area contributed by atoms with Crippen LogP contribution in [0.15, 0.2) is 24.5 Å². The van der Waals surface area contributed by atoms with Gasteiger partial charge < -0.3 is 4.40 Å². The number of rotatable bonds is 4. The summed E-state index contributed by atoms with van der Waals surface area (Å²) in [5.74, 6) is 0.646. The van der Waals surface area contributed by atoms with E-state index in [1.165, 1.54) is 5.56 Å². The van der Waals surface area contributed by atoms with Gasteiger partial charge in [0.1, 0.15) is 11.3 Å². The Morgan fingerprint density at radius 3 is 2.72 bits per heavy atom. The van der Waals surface area contributed by atoms with Crippen molar-refractivity contribution in [1.82, 2.24) is 9.38 Å². The molecule has 0 aromatic carbocycles. The van der Waals surface area contributed by atoms with E-state index in [9.17, 15) is 4.79 Å². The molecule has 0 aliphatic carbocycles. The molecule has 1 atom stereocenters. The Morgan fingerprint density at radius 2 is 2.11 bits per heavy atom. The number of carbonyl (C=O) groups excluding carboxylic acids is 1. The first-order valence-electron chi connectivity index (χ1n) is 6.55. The summed E-state index contributed by atoms with van der Waals surface area (Å²) in [6, 6.07) is 4.13. The predicted octanol–water partition coefficient (Wildman–Crippen LogP) is 3.69. The van der Waals surface area contributed by atoms with Crippen molar-refractivity contribution in [2.24, 2.45) is 5.92 Å². The van der Waals surface area contributed by atoms with E-state index in [4.69, 9.17) is 0 Å². The minimum absolute atomic E-state index is 0.0412. The Labute approximate surface area is 108 Å². The van der Waals surface area contributed by atoms with Gasteiger partial charge in [-0.05, 0) is 30.0 Å². The monoisotopic (exact) mass is 244 g/mol. The van der Waals surface area contributed by atoms with Crippen molar-refractivity contribution in [3.05, 3.63) is 35.8 Å². The number of carbonyl (C=O) groups is 1. The van der Waals surface area contributed by atoms with Crippen LogP contribution >= 0.6 is 0 Å². The van der Waals surface area contributed by atoms with Crippen molar-refractivity contribution in [2.75, 3.05) is 0 Å². The Bertz CT molecular complexity index is 569. The van der Waals surface area contributed by atoms with E-state index in [0.29, 0.717) is 11.6 Å². The fourth-order valence-electron chi connectivity index (χ4n) is 1.91. The molecule has 2 aromatic heterocycles. The summed E-state index contributed by atoms with van der Waals surface area (Å²) in [4.78, 5) is 16.5. The highest BCUT2D eigenvalue weighted by atomic mass is 16.1. The number of ketones is 1. The first kappa shape index (κ1) is 12.8. The molecule has 2 heterocycles. The lowest BCUT2D eigenvalue weighted by Gasteiger charge is -2.04. The van der Waals surface area contributed by atoms with Gasteiger partial charge in [0, 0.05) is 18.3 Å². The van der Waals surface area contributed by atoms with Crippen molar-refractivity contribution in [1.29, 1.82) is 0 Å². The lowest BCUT2D eigenvalue weighted by molar-refractivity contribution is 0.0923. The lowest BCUT2D eigenvalue weighted by atomic mass is 10.0. The molecule has 0 saturated carbocycles. The number of imidazole rings is 1. The van der Waals surface area contributed by atoms with Crippen LogP contribution < -0.4 is 0 Å². The van der Waals surface area contributed by atoms with Gasteiger partial charge in [0.2, 0.25) is 0 Å². The van der Waals surface area contributed by atoms with Gasteiger partial charge in [-0.2, -0.15) is 0 Å². The number of nitrogens with zero attached hydrogens (tertiary/aromatic N) is 2. The SMILES string of the molecule is CCC(C)C(=O)c1cn2ccc(C(C)C)cc2n1. The number of fused-ring (bicyclic) bond motifs is 1. The van der Waals surface area contributed by atoms with E-state index >= 15 is 0 Å². The molecule has 0 aliphatic rings. The zero-order chi connectivity index (χ0) is 13.3. The standard InChI is InChI=1S/C15H20N2O/c1-5-11(4)15(18)13-9-17-7-6-12(10(2)3)8-14(17)16-13/h6-11H,5H2,1-4H3. The third-order valence-corrected chi connectivity index (χ3v) is 3.46. The maximum Gasteiger partial charge on any atom is 0.185 e. The molecule has 2 rings (SSSR count). The van der Waals surface area contributed by atoms with Crippen LogP contribution in [0.1, 0.15) is 56.1 Å². The number of hydrogen-bond donors (Lipinski definition) is 0. The van der Waals surface area contributed by atoms with Crippen molar-refractivity contribution < 1.29 is 4.79 Å². The predicted molar refractivity (Wildman–Crippen MR) is 73.1 cm³/mol. The maximum atomic E-state index is 12.1. The van der Waals surface area contributed by atoms with Gasteiger partial charge in [-0.15, -0.1) is 0 Å². The molecule has 0 fully saturated rings. The second-order valence-electron chi connectivity index (χ2n) is 5.18. The third kappa shape index (κ3) is 2.30. The van der Waals surface area contributed by atoms with Crippen LogP contribution in [0.25, 0.3) is 5.65 Å². The summed E-state index contributed by atoms with van der Waals surface area (Å²) in [7, 11) is 0. The fraction of sp³-hybridized carbons (Fsp3) is 0.467. The minimum atomic E-state index is 0.0412. The van der Waals surface area contributed by atoms with Crippen LogP contribution in [0.5, 0.6) is 0 Å². The molecule has 18 heavy (non-hydrogen) atoms. The number of pyridine rings is 1. The molecule has 1 unspecified atom stereocenters. The van der Waals surface area contributed by atoms with Crippen LogP contribution in [0, 0.1) is 5.92 Å². The van der Waals surface area contributed by atoms with Gasteiger partial charge in [0.25, 0.3) is 0 Å². The molecule has 0 radical (unpaired) electrons. The Balaban J connectivity index is 2.41. The normalized spacial score (nSPS) is 13.2. The maximum absolute atomic E-state index is 12.1. The molecule has 2 aromatic rings. The second kappa shape index (κ2) is 4.92. The van der Waals surface area contributed by atoms with Crippen LogP contribution in [-0.4, -0.2) is 15.2 Å².